The van der Waals surface area contributed by atoms with Gasteiger partial charge in [-0.1, -0.05) is 29.3 Å². The number of benzene rings is 1. The summed E-state index contributed by atoms with van der Waals surface area (Å²) in [5.74, 6) is 0. The molecule has 0 amide bonds. The predicted octanol–water partition coefficient (Wildman–Crippen LogP) is 2.76. The van der Waals surface area contributed by atoms with Crippen LogP contribution in [0.5, 0.6) is 0 Å². The molecule has 2 aliphatic rings. The van der Waals surface area contributed by atoms with Gasteiger partial charge in [0.15, 0.2) is 0 Å². The first kappa shape index (κ1) is 15.6. The molecule has 2 saturated heterocycles. The largest absolute Gasteiger partial charge is 0.316 e. The summed E-state index contributed by atoms with van der Waals surface area (Å²) in [6.07, 6.45) is 3.00. The van der Waals surface area contributed by atoms with E-state index in [0.29, 0.717) is 13.1 Å². The van der Waals surface area contributed by atoms with E-state index in [1.54, 1.807) is 16.4 Å². The van der Waals surface area contributed by atoms with E-state index in [-0.39, 0.29) is 20.4 Å². The Labute approximate surface area is 135 Å². The fourth-order valence-corrected chi connectivity index (χ4v) is 5.66. The van der Waals surface area contributed by atoms with Crippen LogP contribution in [-0.4, -0.2) is 38.9 Å². The van der Waals surface area contributed by atoms with E-state index in [0.717, 1.165) is 32.4 Å². The van der Waals surface area contributed by atoms with Crippen LogP contribution in [0.4, 0.5) is 0 Å². The van der Waals surface area contributed by atoms with Crippen molar-refractivity contribution in [3.63, 3.8) is 0 Å². The average molecular weight is 349 g/mol. The predicted molar refractivity (Wildman–Crippen MR) is 84.4 cm³/mol. The average Bonchev–Trinajstić information content (AvgIpc) is 2.89. The molecule has 7 heteroatoms. The first-order valence-electron chi connectivity index (χ1n) is 7.10. The van der Waals surface area contributed by atoms with E-state index in [1.807, 2.05) is 0 Å². The molecule has 21 heavy (non-hydrogen) atoms. The van der Waals surface area contributed by atoms with E-state index < -0.39 is 10.0 Å². The highest BCUT2D eigenvalue weighted by Crippen LogP contribution is 2.39. The van der Waals surface area contributed by atoms with Crippen molar-refractivity contribution >= 4 is 33.2 Å². The summed E-state index contributed by atoms with van der Waals surface area (Å²) >= 11 is 12.1. The Morgan fingerprint density at radius 2 is 2.05 bits per heavy atom. The van der Waals surface area contributed by atoms with Gasteiger partial charge in [-0.2, -0.15) is 4.31 Å². The lowest BCUT2D eigenvalue weighted by atomic mass is 9.80. The topological polar surface area (TPSA) is 49.4 Å². The van der Waals surface area contributed by atoms with Crippen molar-refractivity contribution in [3.8, 4) is 0 Å². The number of hydrogen-bond donors (Lipinski definition) is 1. The van der Waals surface area contributed by atoms with Crippen LogP contribution in [0.25, 0.3) is 0 Å². The second kappa shape index (κ2) is 5.70. The van der Waals surface area contributed by atoms with Gasteiger partial charge in [0.05, 0.1) is 10.0 Å². The lowest BCUT2D eigenvalue weighted by molar-refractivity contribution is 0.166. The number of rotatable bonds is 2. The van der Waals surface area contributed by atoms with E-state index in [4.69, 9.17) is 23.2 Å². The van der Waals surface area contributed by atoms with Crippen LogP contribution < -0.4 is 5.32 Å². The standard InChI is InChI=1S/C14H18Cl2N2O2S/c15-11-3-1-4-12(13(11)16)21(19,20)18-8-2-5-14(10-18)6-7-17-9-14/h1,3-4,17H,2,5-10H2. The zero-order chi connectivity index (χ0) is 15.1. The maximum Gasteiger partial charge on any atom is 0.244 e. The maximum absolute atomic E-state index is 12.9. The molecule has 1 spiro atoms. The third kappa shape index (κ3) is 2.82. The van der Waals surface area contributed by atoms with Crippen molar-refractivity contribution in [2.45, 2.75) is 24.2 Å². The lowest BCUT2D eigenvalue weighted by Crippen LogP contribution is -2.47. The Bertz CT molecular complexity index is 642. The third-order valence-corrected chi connectivity index (χ3v) is 7.31. The number of nitrogens with zero attached hydrogens (tertiary/aromatic N) is 1. The zero-order valence-corrected chi connectivity index (χ0v) is 13.9. The third-order valence-electron chi connectivity index (χ3n) is 4.49. The molecule has 3 rings (SSSR count). The molecule has 1 aromatic rings. The number of halogens is 2. The Hall–Kier alpha value is -0.330. The molecule has 116 valence electrons. The zero-order valence-electron chi connectivity index (χ0n) is 11.6. The molecule has 2 heterocycles. The van der Waals surface area contributed by atoms with E-state index in [1.165, 1.54) is 6.07 Å². The quantitative estimate of drug-likeness (QED) is 0.893. The molecule has 0 aromatic heterocycles. The first-order chi connectivity index (χ1) is 9.95. The summed E-state index contributed by atoms with van der Waals surface area (Å²) in [6, 6.07) is 4.75. The Kier molecular flexibility index (Phi) is 4.23. The Morgan fingerprint density at radius 1 is 1.24 bits per heavy atom. The smallest absolute Gasteiger partial charge is 0.244 e. The molecule has 1 unspecified atom stereocenters. The minimum Gasteiger partial charge on any atom is -0.316 e. The van der Waals surface area contributed by atoms with Gasteiger partial charge in [0.2, 0.25) is 10.0 Å². The van der Waals surface area contributed by atoms with Crippen molar-refractivity contribution in [3.05, 3.63) is 28.2 Å². The van der Waals surface area contributed by atoms with Crippen LogP contribution in [0.15, 0.2) is 23.1 Å². The van der Waals surface area contributed by atoms with Gasteiger partial charge in [-0.05, 0) is 43.4 Å². The van der Waals surface area contributed by atoms with E-state index in [2.05, 4.69) is 5.32 Å². The van der Waals surface area contributed by atoms with Gasteiger partial charge in [-0.3, -0.25) is 0 Å². The van der Waals surface area contributed by atoms with Gasteiger partial charge in [0.1, 0.15) is 4.90 Å². The second-order valence-corrected chi connectivity index (χ2v) is 8.61. The first-order valence-corrected chi connectivity index (χ1v) is 9.29. The van der Waals surface area contributed by atoms with Gasteiger partial charge < -0.3 is 5.32 Å². The molecule has 4 nitrogen and oxygen atoms in total. The van der Waals surface area contributed by atoms with Crippen LogP contribution >= 0.6 is 23.2 Å². The molecular weight excluding hydrogens is 331 g/mol. The highest BCUT2D eigenvalue weighted by Gasteiger charge is 2.42. The van der Waals surface area contributed by atoms with Gasteiger partial charge in [-0.15, -0.1) is 0 Å². The lowest BCUT2D eigenvalue weighted by Gasteiger charge is -2.39. The summed E-state index contributed by atoms with van der Waals surface area (Å²) in [6.45, 7) is 2.96. The number of sulfonamides is 1. The highest BCUT2D eigenvalue weighted by atomic mass is 35.5. The van der Waals surface area contributed by atoms with Crippen LogP contribution in [0.2, 0.25) is 10.0 Å². The van der Waals surface area contributed by atoms with Crippen LogP contribution in [0.3, 0.4) is 0 Å². The monoisotopic (exact) mass is 348 g/mol. The van der Waals surface area contributed by atoms with Gasteiger partial charge in [-0.25, -0.2) is 8.42 Å². The number of nitrogens with one attached hydrogen (secondary N) is 1. The normalized spacial score (nSPS) is 27.3. The Morgan fingerprint density at radius 3 is 2.76 bits per heavy atom. The van der Waals surface area contributed by atoms with Crippen molar-refractivity contribution in [2.75, 3.05) is 26.2 Å². The molecule has 2 aliphatic heterocycles. The van der Waals surface area contributed by atoms with Crippen LogP contribution in [0.1, 0.15) is 19.3 Å². The second-order valence-electron chi connectivity index (χ2n) is 5.92. The fraction of sp³-hybridized carbons (Fsp3) is 0.571. The van der Waals surface area contributed by atoms with Gasteiger partial charge in [0.25, 0.3) is 0 Å². The molecular formula is C14H18Cl2N2O2S. The molecule has 1 atom stereocenters. The molecule has 1 N–H and O–H groups in total. The van der Waals surface area contributed by atoms with Gasteiger partial charge in [0, 0.05) is 19.6 Å². The van der Waals surface area contributed by atoms with Gasteiger partial charge >= 0.3 is 0 Å². The SMILES string of the molecule is O=S(=O)(c1cccc(Cl)c1Cl)N1CCCC2(CCNC2)C1. The van der Waals surface area contributed by atoms with Crippen LogP contribution in [0, 0.1) is 5.41 Å². The minimum absolute atomic E-state index is 0.0797. The molecule has 0 aliphatic carbocycles. The molecule has 0 radical (unpaired) electrons. The number of piperidine rings is 1. The van der Waals surface area contributed by atoms with Crippen LogP contribution in [-0.2, 0) is 10.0 Å². The summed E-state index contributed by atoms with van der Waals surface area (Å²) in [5.41, 5.74) is 0.0797. The molecule has 0 bridgehead atoms. The Balaban J connectivity index is 1.93. The maximum atomic E-state index is 12.9. The summed E-state index contributed by atoms with van der Waals surface area (Å²) in [7, 11) is -3.59. The van der Waals surface area contributed by atoms with Crippen molar-refractivity contribution in [1.29, 1.82) is 0 Å². The van der Waals surface area contributed by atoms with Crippen molar-refractivity contribution in [2.24, 2.45) is 5.41 Å². The number of hydrogen-bond acceptors (Lipinski definition) is 3. The summed E-state index contributed by atoms with van der Waals surface area (Å²) in [4.78, 5) is 0.111. The van der Waals surface area contributed by atoms with E-state index in [9.17, 15) is 8.42 Å². The minimum atomic E-state index is -3.59. The molecule has 2 fully saturated rings. The van der Waals surface area contributed by atoms with Crippen molar-refractivity contribution < 1.29 is 8.42 Å². The van der Waals surface area contributed by atoms with Crippen molar-refractivity contribution in [1.82, 2.24) is 9.62 Å². The summed E-state index contributed by atoms with van der Waals surface area (Å²) < 4.78 is 27.3. The summed E-state index contributed by atoms with van der Waals surface area (Å²) in [5, 5.41) is 3.73. The molecule has 0 saturated carbocycles. The fourth-order valence-electron chi connectivity index (χ4n) is 3.33. The van der Waals surface area contributed by atoms with E-state index >= 15 is 0 Å². The highest BCUT2D eigenvalue weighted by molar-refractivity contribution is 7.89. The molecule has 1 aromatic carbocycles.